The number of hydrogen-bond acceptors (Lipinski definition) is 4. The first kappa shape index (κ1) is 8.77. The molecule has 0 fully saturated rings. The van der Waals surface area contributed by atoms with Crippen molar-refractivity contribution in [3.05, 3.63) is 11.9 Å². The van der Waals surface area contributed by atoms with Crippen LogP contribution in [0, 0.1) is 0 Å². The van der Waals surface area contributed by atoms with Crippen molar-refractivity contribution in [1.82, 2.24) is 9.97 Å². The van der Waals surface area contributed by atoms with E-state index in [1.54, 1.807) is 6.20 Å². The Balaban J connectivity index is 2.91. The van der Waals surface area contributed by atoms with Crippen LogP contribution in [-0.2, 0) is 6.42 Å². The van der Waals surface area contributed by atoms with Gasteiger partial charge in [0.05, 0.1) is 18.5 Å². The highest BCUT2D eigenvalue weighted by molar-refractivity contribution is 5.39. The highest BCUT2D eigenvalue weighted by Gasteiger charge is 2.03. The molecule has 4 heteroatoms. The normalized spacial score (nSPS) is 9.83. The Kier molecular flexibility index (Phi) is 2.85. The van der Waals surface area contributed by atoms with E-state index >= 15 is 0 Å². The fraction of sp³-hybridized carbons (Fsp3) is 0.500. The van der Waals surface area contributed by atoms with Crippen molar-refractivity contribution in [2.45, 2.75) is 20.3 Å². The molecule has 0 amide bonds. The van der Waals surface area contributed by atoms with Crippen LogP contribution in [0.15, 0.2) is 6.20 Å². The van der Waals surface area contributed by atoms with Gasteiger partial charge in [-0.05, 0) is 13.3 Å². The first-order valence-corrected chi connectivity index (χ1v) is 4.02. The van der Waals surface area contributed by atoms with Crippen LogP contribution in [0.4, 0.5) is 5.82 Å². The van der Waals surface area contributed by atoms with Gasteiger partial charge in [0.25, 0.3) is 5.88 Å². The Hall–Kier alpha value is -1.32. The minimum atomic E-state index is 0.356. The second-order valence-electron chi connectivity index (χ2n) is 2.34. The zero-order valence-electron chi connectivity index (χ0n) is 7.37. The maximum atomic E-state index is 5.53. The lowest BCUT2D eigenvalue weighted by Gasteiger charge is -2.05. The molecule has 1 rings (SSSR count). The molecule has 0 aliphatic heterocycles. The molecule has 1 aromatic rings. The van der Waals surface area contributed by atoms with Gasteiger partial charge in [0.15, 0.2) is 5.82 Å². The molecule has 0 saturated heterocycles. The Bertz CT molecular complexity index is 262. The topological polar surface area (TPSA) is 61.0 Å². The van der Waals surface area contributed by atoms with E-state index in [1.165, 1.54) is 0 Å². The van der Waals surface area contributed by atoms with Gasteiger partial charge in [0.1, 0.15) is 0 Å². The third-order valence-electron chi connectivity index (χ3n) is 1.46. The average Bonchev–Trinajstić information content (AvgIpc) is 2.09. The Morgan fingerprint density at radius 3 is 2.83 bits per heavy atom. The fourth-order valence-electron chi connectivity index (χ4n) is 0.829. The van der Waals surface area contributed by atoms with Gasteiger partial charge in [-0.3, -0.25) is 0 Å². The maximum Gasteiger partial charge on any atom is 0.257 e. The Morgan fingerprint density at radius 2 is 2.25 bits per heavy atom. The molecule has 0 aliphatic rings. The molecule has 0 saturated carbocycles. The van der Waals surface area contributed by atoms with Gasteiger partial charge in [0, 0.05) is 0 Å². The monoisotopic (exact) mass is 167 g/mol. The Labute approximate surface area is 71.8 Å². The number of rotatable bonds is 3. The highest BCUT2D eigenvalue weighted by Crippen LogP contribution is 2.14. The first-order chi connectivity index (χ1) is 5.77. The van der Waals surface area contributed by atoms with Crippen LogP contribution in [0.1, 0.15) is 19.5 Å². The van der Waals surface area contributed by atoms with Crippen LogP contribution in [0.25, 0.3) is 0 Å². The van der Waals surface area contributed by atoms with E-state index in [9.17, 15) is 0 Å². The minimum absolute atomic E-state index is 0.356. The molecule has 1 heterocycles. The molecular weight excluding hydrogens is 154 g/mol. The van der Waals surface area contributed by atoms with E-state index in [0.29, 0.717) is 18.3 Å². The van der Waals surface area contributed by atoms with Gasteiger partial charge in [-0.25, -0.2) is 9.97 Å². The first-order valence-electron chi connectivity index (χ1n) is 4.02. The van der Waals surface area contributed by atoms with Gasteiger partial charge in [-0.1, -0.05) is 6.92 Å². The molecule has 0 bridgehead atoms. The summed E-state index contributed by atoms with van der Waals surface area (Å²) in [5.74, 6) is 0.797. The molecule has 0 spiro atoms. The van der Waals surface area contributed by atoms with Gasteiger partial charge >= 0.3 is 0 Å². The largest absolute Gasteiger partial charge is 0.475 e. The average molecular weight is 167 g/mol. The second kappa shape index (κ2) is 3.90. The molecule has 0 radical (unpaired) electrons. The van der Waals surface area contributed by atoms with Crippen molar-refractivity contribution < 1.29 is 4.74 Å². The number of aryl methyl sites for hydroxylation is 1. The van der Waals surface area contributed by atoms with E-state index in [0.717, 1.165) is 12.1 Å². The summed E-state index contributed by atoms with van der Waals surface area (Å²) in [6, 6.07) is 0. The maximum absolute atomic E-state index is 5.53. The van der Waals surface area contributed by atoms with E-state index in [-0.39, 0.29) is 0 Å². The van der Waals surface area contributed by atoms with Gasteiger partial charge in [-0.15, -0.1) is 0 Å². The summed E-state index contributed by atoms with van der Waals surface area (Å²) in [5, 5.41) is 0. The molecule has 0 aromatic carbocycles. The smallest absolute Gasteiger partial charge is 0.257 e. The van der Waals surface area contributed by atoms with Crippen LogP contribution in [-0.4, -0.2) is 16.6 Å². The summed E-state index contributed by atoms with van der Waals surface area (Å²) in [5.41, 5.74) is 6.43. The van der Waals surface area contributed by atoms with Crippen molar-refractivity contribution in [1.29, 1.82) is 0 Å². The summed E-state index contributed by atoms with van der Waals surface area (Å²) < 4.78 is 5.18. The second-order valence-corrected chi connectivity index (χ2v) is 2.34. The van der Waals surface area contributed by atoms with E-state index in [1.807, 2.05) is 13.8 Å². The Morgan fingerprint density at radius 1 is 1.50 bits per heavy atom. The summed E-state index contributed by atoms with van der Waals surface area (Å²) in [6.45, 7) is 4.46. The summed E-state index contributed by atoms with van der Waals surface area (Å²) in [4.78, 5) is 8.13. The molecule has 0 aliphatic carbocycles. The third kappa shape index (κ3) is 1.84. The van der Waals surface area contributed by atoms with Crippen molar-refractivity contribution in [2.75, 3.05) is 12.3 Å². The summed E-state index contributed by atoms with van der Waals surface area (Å²) in [6.07, 6.45) is 2.51. The van der Waals surface area contributed by atoms with Crippen LogP contribution in [0.3, 0.4) is 0 Å². The predicted molar refractivity (Wildman–Crippen MR) is 47.0 cm³/mol. The molecule has 66 valence electrons. The van der Waals surface area contributed by atoms with Crippen molar-refractivity contribution in [3.8, 4) is 5.88 Å². The number of anilines is 1. The quantitative estimate of drug-likeness (QED) is 0.730. The molecule has 0 atom stereocenters. The van der Waals surface area contributed by atoms with Crippen LogP contribution >= 0.6 is 0 Å². The molecule has 1 aromatic heterocycles. The van der Waals surface area contributed by atoms with Gasteiger partial charge in [0.2, 0.25) is 0 Å². The summed E-state index contributed by atoms with van der Waals surface area (Å²) in [7, 11) is 0. The van der Waals surface area contributed by atoms with Crippen LogP contribution < -0.4 is 10.5 Å². The highest BCUT2D eigenvalue weighted by atomic mass is 16.5. The number of nitrogens with zero attached hydrogens (tertiary/aromatic N) is 2. The molecule has 12 heavy (non-hydrogen) atoms. The van der Waals surface area contributed by atoms with E-state index < -0.39 is 0 Å². The number of ether oxygens (including phenoxy) is 1. The zero-order chi connectivity index (χ0) is 8.97. The molecular formula is C8H13N3O. The zero-order valence-corrected chi connectivity index (χ0v) is 7.37. The van der Waals surface area contributed by atoms with Crippen molar-refractivity contribution in [2.24, 2.45) is 0 Å². The SMILES string of the molecule is CCOc1nc(CC)cnc1N. The molecule has 0 unspecified atom stereocenters. The minimum Gasteiger partial charge on any atom is -0.475 e. The lowest BCUT2D eigenvalue weighted by Crippen LogP contribution is -2.03. The molecule has 2 N–H and O–H groups in total. The van der Waals surface area contributed by atoms with Crippen molar-refractivity contribution >= 4 is 5.82 Å². The third-order valence-corrected chi connectivity index (χ3v) is 1.46. The molecule has 4 nitrogen and oxygen atoms in total. The fourth-order valence-corrected chi connectivity index (χ4v) is 0.829. The lowest BCUT2D eigenvalue weighted by molar-refractivity contribution is 0.326. The van der Waals surface area contributed by atoms with Crippen molar-refractivity contribution in [3.63, 3.8) is 0 Å². The number of hydrogen-bond donors (Lipinski definition) is 1. The van der Waals surface area contributed by atoms with E-state index in [2.05, 4.69) is 9.97 Å². The number of aromatic nitrogens is 2. The van der Waals surface area contributed by atoms with Gasteiger partial charge < -0.3 is 10.5 Å². The van der Waals surface area contributed by atoms with E-state index in [4.69, 9.17) is 10.5 Å². The standard InChI is InChI=1S/C8H13N3O/c1-3-6-5-10-7(9)8(11-6)12-4-2/h5H,3-4H2,1-2H3,(H2,9,10). The number of nitrogen functional groups attached to an aromatic ring is 1. The lowest BCUT2D eigenvalue weighted by atomic mass is 10.3. The van der Waals surface area contributed by atoms with Gasteiger partial charge in [-0.2, -0.15) is 0 Å². The predicted octanol–water partition coefficient (Wildman–Crippen LogP) is 1.02. The number of nitrogens with two attached hydrogens (primary N) is 1. The van der Waals surface area contributed by atoms with Crippen LogP contribution in [0.2, 0.25) is 0 Å². The summed E-state index contributed by atoms with van der Waals surface area (Å²) >= 11 is 0. The van der Waals surface area contributed by atoms with Crippen LogP contribution in [0.5, 0.6) is 5.88 Å².